The van der Waals surface area contributed by atoms with Gasteiger partial charge in [-0.2, -0.15) is 0 Å². The first-order valence-electron chi connectivity index (χ1n) is 9.35. The third-order valence-corrected chi connectivity index (χ3v) is 6.10. The Morgan fingerprint density at radius 3 is 2.74 bits per heavy atom. The van der Waals surface area contributed by atoms with E-state index in [9.17, 15) is 4.79 Å². The standard InChI is InChI=1S/C18H28N4O/c23-18(22-10-4-7-16(22)14-5-1-2-6-14)17-8-3-9-21(17)12-15-11-19-13-20-15/h11,13-14,16-17H,1-10,12H2,(H,19,20)/t16?,17-/m0/s1. The van der Waals surface area contributed by atoms with Crippen LogP contribution in [0.25, 0.3) is 0 Å². The SMILES string of the molecule is O=C([C@@H]1CCCN1Cc1cnc[nH]1)N1CCCC1C1CCCC1. The van der Waals surface area contributed by atoms with Crippen molar-refractivity contribution in [1.29, 1.82) is 0 Å². The van der Waals surface area contributed by atoms with E-state index in [-0.39, 0.29) is 6.04 Å². The summed E-state index contributed by atoms with van der Waals surface area (Å²) in [5.74, 6) is 1.17. The zero-order chi connectivity index (χ0) is 15.6. The highest BCUT2D eigenvalue weighted by Crippen LogP contribution is 2.36. The summed E-state index contributed by atoms with van der Waals surface area (Å²) in [6, 6.07) is 0.611. The molecule has 0 bridgehead atoms. The maximum Gasteiger partial charge on any atom is 0.240 e. The minimum Gasteiger partial charge on any atom is -0.347 e. The number of hydrogen-bond donors (Lipinski definition) is 1. The van der Waals surface area contributed by atoms with E-state index in [0.29, 0.717) is 11.9 Å². The summed E-state index contributed by atoms with van der Waals surface area (Å²) in [5.41, 5.74) is 1.11. The van der Waals surface area contributed by atoms with Crippen LogP contribution in [0.15, 0.2) is 12.5 Å². The largest absolute Gasteiger partial charge is 0.347 e. The first-order chi connectivity index (χ1) is 11.3. The Kier molecular flexibility index (Phi) is 4.38. The van der Waals surface area contributed by atoms with Crippen LogP contribution < -0.4 is 0 Å². The van der Waals surface area contributed by atoms with Crippen LogP contribution in [-0.4, -0.2) is 50.8 Å². The van der Waals surface area contributed by atoms with Crippen LogP contribution in [0, 0.1) is 5.92 Å². The fourth-order valence-corrected chi connectivity index (χ4v) is 4.97. The normalized spacial score (nSPS) is 29.7. The summed E-state index contributed by atoms with van der Waals surface area (Å²) < 4.78 is 0. The van der Waals surface area contributed by atoms with Crippen LogP contribution in [0.5, 0.6) is 0 Å². The molecule has 2 aliphatic heterocycles. The predicted molar refractivity (Wildman–Crippen MR) is 88.7 cm³/mol. The minimum absolute atomic E-state index is 0.0836. The van der Waals surface area contributed by atoms with Crippen LogP contribution >= 0.6 is 0 Å². The van der Waals surface area contributed by atoms with Gasteiger partial charge < -0.3 is 9.88 Å². The van der Waals surface area contributed by atoms with Crippen molar-refractivity contribution in [2.24, 2.45) is 5.92 Å². The number of hydrogen-bond acceptors (Lipinski definition) is 3. The summed E-state index contributed by atoms with van der Waals surface area (Å²) in [6.07, 6.45) is 13.5. The van der Waals surface area contributed by atoms with Crippen molar-refractivity contribution in [3.05, 3.63) is 18.2 Å². The molecule has 1 aromatic rings. The van der Waals surface area contributed by atoms with Crippen molar-refractivity contribution in [2.45, 2.75) is 70.0 Å². The Morgan fingerprint density at radius 2 is 1.96 bits per heavy atom. The fraction of sp³-hybridized carbons (Fsp3) is 0.778. The van der Waals surface area contributed by atoms with E-state index < -0.39 is 0 Å². The van der Waals surface area contributed by atoms with E-state index in [0.717, 1.165) is 44.1 Å². The summed E-state index contributed by atoms with van der Waals surface area (Å²) in [7, 11) is 0. The minimum atomic E-state index is 0.0836. The maximum atomic E-state index is 13.2. The van der Waals surface area contributed by atoms with E-state index in [1.165, 1.54) is 38.5 Å². The first kappa shape index (κ1) is 15.2. The lowest BCUT2D eigenvalue weighted by molar-refractivity contribution is -0.138. The number of aromatic amines is 1. The van der Waals surface area contributed by atoms with Crippen molar-refractivity contribution in [1.82, 2.24) is 19.8 Å². The van der Waals surface area contributed by atoms with Gasteiger partial charge in [-0.3, -0.25) is 9.69 Å². The molecule has 2 atom stereocenters. The molecule has 5 heteroatoms. The topological polar surface area (TPSA) is 52.2 Å². The molecule has 1 aliphatic carbocycles. The number of H-pyrrole nitrogens is 1. The molecular weight excluding hydrogens is 288 g/mol. The zero-order valence-corrected chi connectivity index (χ0v) is 13.9. The van der Waals surface area contributed by atoms with Gasteiger partial charge in [0.05, 0.1) is 12.4 Å². The molecule has 1 aromatic heterocycles. The second kappa shape index (κ2) is 6.63. The summed E-state index contributed by atoms with van der Waals surface area (Å²) >= 11 is 0. The number of imidazole rings is 1. The third kappa shape index (κ3) is 3.03. The van der Waals surface area contributed by atoms with Gasteiger partial charge in [0, 0.05) is 31.0 Å². The van der Waals surface area contributed by atoms with E-state index in [4.69, 9.17) is 0 Å². The molecule has 1 saturated carbocycles. The van der Waals surface area contributed by atoms with Crippen LogP contribution in [0.1, 0.15) is 57.1 Å². The number of nitrogens with one attached hydrogen (secondary N) is 1. The summed E-state index contributed by atoms with van der Waals surface area (Å²) in [4.78, 5) is 25.1. The van der Waals surface area contributed by atoms with Crippen molar-refractivity contribution in [2.75, 3.05) is 13.1 Å². The highest BCUT2D eigenvalue weighted by atomic mass is 16.2. The lowest BCUT2D eigenvalue weighted by Gasteiger charge is -2.34. The van der Waals surface area contributed by atoms with Gasteiger partial charge in [-0.05, 0) is 51.0 Å². The lowest BCUT2D eigenvalue weighted by atomic mass is 9.95. The highest BCUT2D eigenvalue weighted by Gasteiger charge is 2.41. The molecule has 0 spiro atoms. The van der Waals surface area contributed by atoms with Gasteiger partial charge in [-0.15, -0.1) is 0 Å². The number of nitrogens with zero attached hydrogens (tertiary/aromatic N) is 3. The Balaban J connectivity index is 1.44. The van der Waals surface area contributed by atoms with E-state index >= 15 is 0 Å². The van der Waals surface area contributed by atoms with Crippen LogP contribution in [0.2, 0.25) is 0 Å². The molecular formula is C18H28N4O. The van der Waals surface area contributed by atoms with Crippen molar-refractivity contribution in [3.8, 4) is 0 Å². The number of carbonyl (C=O) groups is 1. The van der Waals surface area contributed by atoms with Gasteiger partial charge in [-0.25, -0.2) is 4.98 Å². The Bertz CT molecular complexity index is 523. The second-order valence-corrected chi connectivity index (χ2v) is 7.49. The Hall–Kier alpha value is -1.36. The van der Waals surface area contributed by atoms with Gasteiger partial charge in [0.1, 0.15) is 0 Å². The fourth-order valence-electron chi connectivity index (χ4n) is 4.97. The van der Waals surface area contributed by atoms with Gasteiger partial charge in [0.15, 0.2) is 0 Å². The number of likely N-dealkylation sites (tertiary alicyclic amines) is 2. The number of carbonyl (C=O) groups excluding carboxylic acids is 1. The molecule has 23 heavy (non-hydrogen) atoms. The van der Waals surface area contributed by atoms with E-state index in [1.807, 2.05) is 6.20 Å². The monoisotopic (exact) mass is 316 g/mol. The molecule has 3 fully saturated rings. The number of amides is 1. The molecule has 5 nitrogen and oxygen atoms in total. The molecule has 3 heterocycles. The number of rotatable bonds is 4. The quantitative estimate of drug-likeness (QED) is 0.929. The van der Waals surface area contributed by atoms with E-state index in [1.54, 1.807) is 6.33 Å². The summed E-state index contributed by atoms with van der Waals surface area (Å²) in [5, 5.41) is 0. The predicted octanol–water partition coefficient (Wildman–Crippen LogP) is 2.56. The van der Waals surface area contributed by atoms with Crippen molar-refractivity contribution in [3.63, 3.8) is 0 Å². The molecule has 2 saturated heterocycles. The van der Waals surface area contributed by atoms with E-state index in [2.05, 4.69) is 19.8 Å². The maximum absolute atomic E-state index is 13.2. The lowest BCUT2D eigenvalue weighted by Crippen LogP contribution is -2.48. The Morgan fingerprint density at radius 1 is 1.13 bits per heavy atom. The molecule has 3 aliphatic rings. The molecule has 126 valence electrons. The number of aromatic nitrogens is 2. The van der Waals surface area contributed by atoms with Gasteiger partial charge >= 0.3 is 0 Å². The molecule has 1 N–H and O–H groups in total. The zero-order valence-electron chi connectivity index (χ0n) is 13.9. The molecule has 4 rings (SSSR count). The third-order valence-electron chi connectivity index (χ3n) is 6.10. The van der Waals surface area contributed by atoms with Crippen molar-refractivity contribution < 1.29 is 4.79 Å². The van der Waals surface area contributed by atoms with Gasteiger partial charge in [0.2, 0.25) is 5.91 Å². The molecule has 0 aromatic carbocycles. The molecule has 1 amide bonds. The molecule has 1 unspecified atom stereocenters. The van der Waals surface area contributed by atoms with Crippen LogP contribution in [0.4, 0.5) is 0 Å². The highest BCUT2D eigenvalue weighted by molar-refractivity contribution is 5.82. The smallest absolute Gasteiger partial charge is 0.240 e. The molecule has 0 radical (unpaired) electrons. The second-order valence-electron chi connectivity index (χ2n) is 7.49. The van der Waals surface area contributed by atoms with Gasteiger partial charge in [0.25, 0.3) is 0 Å². The van der Waals surface area contributed by atoms with Crippen molar-refractivity contribution >= 4 is 5.91 Å². The van der Waals surface area contributed by atoms with Crippen LogP contribution in [-0.2, 0) is 11.3 Å². The van der Waals surface area contributed by atoms with Gasteiger partial charge in [-0.1, -0.05) is 12.8 Å². The first-order valence-corrected chi connectivity index (χ1v) is 9.35. The van der Waals surface area contributed by atoms with Crippen LogP contribution in [0.3, 0.4) is 0 Å². The average Bonchev–Trinajstić information content (AvgIpc) is 3.33. The Labute approximate surface area is 138 Å². The summed E-state index contributed by atoms with van der Waals surface area (Å²) in [6.45, 7) is 2.82. The average molecular weight is 316 g/mol.